The second-order valence-electron chi connectivity index (χ2n) is 5.12. The average molecular weight is 278 g/mol. The molecule has 5 nitrogen and oxygen atoms in total. The lowest BCUT2D eigenvalue weighted by Gasteiger charge is -2.16. The number of likely N-dealkylation sites (N-methyl/N-ethyl adjacent to an activating group) is 1. The Morgan fingerprint density at radius 2 is 2.25 bits per heavy atom. The molecule has 20 heavy (non-hydrogen) atoms. The second-order valence-corrected chi connectivity index (χ2v) is 5.12. The summed E-state index contributed by atoms with van der Waals surface area (Å²) in [6.07, 6.45) is 1.53. The highest BCUT2D eigenvalue weighted by atomic mass is 16.5. The number of Topliss-reactive ketones (excluding diaryl/α,β-unsaturated/α-hetero) is 1. The summed E-state index contributed by atoms with van der Waals surface area (Å²) in [7, 11) is 3.66. The van der Waals surface area contributed by atoms with Crippen LogP contribution < -0.4 is 15.2 Å². The van der Waals surface area contributed by atoms with Crippen molar-refractivity contribution in [2.24, 2.45) is 5.73 Å². The highest BCUT2D eigenvalue weighted by Crippen LogP contribution is 2.30. The first-order valence-corrected chi connectivity index (χ1v) is 6.90. The van der Waals surface area contributed by atoms with Crippen LogP contribution in [0.15, 0.2) is 18.2 Å². The van der Waals surface area contributed by atoms with E-state index in [1.807, 2.05) is 0 Å². The van der Waals surface area contributed by atoms with Crippen LogP contribution in [-0.4, -0.2) is 50.6 Å². The van der Waals surface area contributed by atoms with Crippen molar-refractivity contribution in [1.29, 1.82) is 0 Å². The number of carbonyl (C=O) groups is 1. The number of hydrogen-bond acceptors (Lipinski definition) is 5. The van der Waals surface area contributed by atoms with Crippen LogP contribution in [0.3, 0.4) is 0 Å². The van der Waals surface area contributed by atoms with E-state index in [0.29, 0.717) is 30.0 Å². The molecule has 1 heterocycles. The van der Waals surface area contributed by atoms with Crippen molar-refractivity contribution in [2.75, 3.05) is 33.8 Å². The number of methoxy groups -OCH3 is 1. The molecule has 0 bridgehead atoms. The van der Waals surface area contributed by atoms with Gasteiger partial charge in [-0.1, -0.05) is 0 Å². The summed E-state index contributed by atoms with van der Waals surface area (Å²) in [6, 6.07) is 5.31. The largest absolute Gasteiger partial charge is 0.493 e. The predicted molar refractivity (Wildman–Crippen MR) is 77.5 cm³/mol. The fourth-order valence-corrected chi connectivity index (χ4v) is 2.38. The zero-order valence-electron chi connectivity index (χ0n) is 12.1. The van der Waals surface area contributed by atoms with Gasteiger partial charge in [0, 0.05) is 25.1 Å². The lowest BCUT2D eigenvalue weighted by Crippen LogP contribution is -2.21. The van der Waals surface area contributed by atoms with Gasteiger partial charge in [0.15, 0.2) is 17.3 Å². The van der Waals surface area contributed by atoms with Gasteiger partial charge in [-0.25, -0.2) is 0 Å². The summed E-state index contributed by atoms with van der Waals surface area (Å²) in [6.45, 7) is 2.31. The Hall–Kier alpha value is -1.59. The van der Waals surface area contributed by atoms with E-state index in [2.05, 4.69) is 11.9 Å². The number of ether oxygens (including phenoxy) is 2. The molecule has 0 radical (unpaired) electrons. The maximum atomic E-state index is 11.8. The van der Waals surface area contributed by atoms with Gasteiger partial charge in [-0.2, -0.15) is 0 Å². The van der Waals surface area contributed by atoms with Gasteiger partial charge >= 0.3 is 0 Å². The molecule has 0 saturated carbocycles. The number of nitrogens with two attached hydrogens (primary N) is 1. The molecule has 0 spiro atoms. The summed E-state index contributed by atoms with van der Waals surface area (Å²) >= 11 is 0. The van der Waals surface area contributed by atoms with Gasteiger partial charge in [-0.3, -0.25) is 4.79 Å². The minimum atomic E-state index is 0.0259. The third-order valence-corrected chi connectivity index (χ3v) is 3.50. The van der Waals surface area contributed by atoms with Crippen LogP contribution in [0, 0.1) is 0 Å². The summed E-state index contributed by atoms with van der Waals surface area (Å²) in [5.74, 6) is 1.32. The Labute approximate surface area is 119 Å². The highest BCUT2D eigenvalue weighted by Gasteiger charge is 2.22. The molecule has 1 fully saturated rings. The first-order chi connectivity index (χ1) is 9.63. The molecule has 1 atom stereocenters. The fraction of sp³-hybridized carbons (Fsp3) is 0.533. The average Bonchev–Trinajstić information content (AvgIpc) is 2.85. The van der Waals surface area contributed by atoms with Crippen LogP contribution in [-0.2, 0) is 0 Å². The summed E-state index contributed by atoms with van der Waals surface area (Å²) in [4.78, 5) is 14.1. The maximum Gasteiger partial charge on any atom is 0.164 e. The number of ketones is 1. The van der Waals surface area contributed by atoms with Gasteiger partial charge in [0.25, 0.3) is 0 Å². The predicted octanol–water partition coefficient (Wildman–Crippen LogP) is 1.31. The van der Waals surface area contributed by atoms with Gasteiger partial charge in [0.05, 0.1) is 7.11 Å². The lowest BCUT2D eigenvalue weighted by atomic mass is 10.1. The van der Waals surface area contributed by atoms with Crippen LogP contribution in [0.4, 0.5) is 0 Å². The van der Waals surface area contributed by atoms with Crippen molar-refractivity contribution in [3.63, 3.8) is 0 Å². The van der Waals surface area contributed by atoms with E-state index in [1.165, 1.54) is 0 Å². The molecule has 1 aliphatic rings. The second kappa shape index (κ2) is 6.72. The Kier molecular flexibility index (Phi) is 4.98. The standard InChI is InChI=1S/C15H22N2O3/c1-17-8-6-12(10-17)20-14-4-3-11(9-15(14)19-2)13(18)5-7-16/h3-4,9,12H,5-8,10,16H2,1-2H3. The molecule has 1 aromatic rings. The van der Waals surface area contributed by atoms with Gasteiger partial charge in [-0.05, 0) is 38.2 Å². The Morgan fingerprint density at radius 3 is 2.85 bits per heavy atom. The normalized spacial score (nSPS) is 19.1. The first kappa shape index (κ1) is 14.8. The molecule has 2 rings (SSSR count). The van der Waals surface area contributed by atoms with Gasteiger partial charge in [0.2, 0.25) is 0 Å². The quantitative estimate of drug-likeness (QED) is 0.795. The number of likely N-dealkylation sites (tertiary alicyclic amines) is 1. The third kappa shape index (κ3) is 3.49. The summed E-state index contributed by atoms with van der Waals surface area (Å²) < 4.78 is 11.3. The zero-order valence-corrected chi connectivity index (χ0v) is 12.1. The maximum absolute atomic E-state index is 11.8. The summed E-state index contributed by atoms with van der Waals surface area (Å²) in [5.41, 5.74) is 6.02. The molecular weight excluding hydrogens is 256 g/mol. The van der Waals surface area contributed by atoms with Crippen LogP contribution in [0.1, 0.15) is 23.2 Å². The van der Waals surface area contributed by atoms with Crippen molar-refractivity contribution in [1.82, 2.24) is 4.90 Å². The molecule has 110 valence electrons. The van der Waals surface area contributed by atoms with Crippen molar-refractivity contribution in [3.05, 3.63) is 23.8 Å². The van der Waals surface area contributed by atoms with E-state index in [0.717, 1.165) is 19.5 Å². The third-order valence-electron chi connectivity index (χ3n) is 3.50. The van der Waals surface area contributed by atoms with Crippen LogP contribution in [0.2, 0.25) is 0 Å². The molecule has 2 N–H and O–H groups in total. The number of nitrogens with zero attached hydrogens (tertiary/aromatic N) is 1. The molecule has 1 aliphatic heterocycles. The zero-order chi connectivity index (χ0) is 14.5. The minimum Gasteiger partial charge on any atom is -0.493 e. The number of rotatable bonds is 6. The minimum absolute atomic E-state index is 0.0259. The number of carbonyl (C=O) groups excluding carboxylic acids is 1. The lowest BCUT2D eigenvalue weighted by molar-refractivity contribution is 0.0985. The van der Waals surface area contributed by atoms with E-state index in [4.69, 9.17) is 15.2 Å². The van der Waals surface area contributed by atoms with Gasteiger partial charge < -0.3 is 20.1 Å². The smallest absolute Gasteiger partial charge is 0.164 e. The molecule has 0 aromatic heterocycles. The summed E-state index contributed by atoms with van der Waals surface area (Å²) in [5, 5.41) is 0. The Balaban J connectivity index is 2.11. The van der Waals surface area contributed by atoms with E-state index in [1.54, 1.807) is 25.3 Å². The molecule has 0 amide bonds. The SMILES string of the molecule is COc1cc(C(=O)CCN)ccc1OC1CCN(C)C1. The van der Waals surface area contributed by atoms with Crippen molar-refractivity contribution in [2.45, 2.75) is 18.9 Å². The monoisotopic (exact) mass is 278 g/mol. The van der Waals surface area contributed by atoms with Crippen molar-refractivity contribution >= 4 is 5.78 Å². The van der Waals surface area contributed by atoms with Crippen molar-refractivity contribution in [3.8, 4) is 11.5 Å². The van der Waals surface area contributed by atoms with E-state index >= 15 is 0 Å². The molecule has 0 aliphatic carbocycles. The number of benzene rings is 1. The van der Waals surface area contributed by atoms with E-state index in [-0.39, 0.29) is 11.9 Å². The number of hydrogen-bond donors (Lipinski definition) is 1. The van der Waals surface area contributed by atoms with Crippen LogP contribution >= 0.6 is 0 Å². The molecule has 5 heteroatoms. The van der Waals surface area contributed by atoms with Crippen molar-refractivity contribution < 1.29 is 14.3 Å². The van der Waals surface area contributed by atoms with Gasteiger partial charge in [0.1, 0.15) is 6.10 Å². The van der Waals surface area contributed by atoms with Gasteiger partial charge in [-0.15, -0.1) is 0 Å². The van der Waals surface area contributed by atoms with E-state index < -0.39 is 0 Å². The first-order valence-electron chi connectivity index (χ1n) is 6.90. The molecule has 1 saturated heterocycles. The fourth-order valence-electron chi connectivity index (χ4n) is 2.38. The van der Waals surface area contributed by atoms with E-state index in [9.17, 15) is 4.79 Å². The van der Waals surface area contributed by atoms with Crippen LogP contribution in [0.5, 0.6) is 11.5 Å². The topological polar surface area (TPSA) is 64.8 Å². The molecular formula is C15H22N2O3. The molecule has 1 aromatic carbocycles. The highest BCUT2D eigenvalue weighted by molar-refractivity contribution is 5.96. The van der Waals surface area contributed by atoms with Crippen LogP contribution in [0.25, 0.3) is 0 Å². The Bertz CT molecular complexity index is 476. The molecule has 1 unspecified atom stereocenters. The Morgan fingerprint density at radius 1 is 1.45 bits per heavy atom.